The quantitative estimate of drug-likeness (QED) is 0.736. The summed E-state index contributed by atoms with van der Waals surface area (Å²) in [4.78, 5) is 0. The summed E-state index contributed by atoms with van der Waals surface area (Å²) in [5.41, 5.74) is 0.303. The van der Waals surface area contributed by atoms with Crippen molar-refractivity contribution in [1.82, 2.24) is 0 Å². The molecular weight excluding hydrogens is 193 g/mol. The minimum absolute atomic E-state index is 0.0824. The first-order chi connectivity index (χ1) is 6.25. The Balaban J connectivity index is 2.64. The van der Waals surface area contributed by atoms with E-state index < -0.39 is 0 Å². The van der Waals surface area contributed by atoms with Crippen LogP contribution in [0.1, 0.15) is 6.42 Å². The van der Waals surface area contributed by atoms with Crippen molar-refractivity contribution < 1.29 is 9.50 Å². The van der Waals surface area contributed by atoms with Crippen LogP contribution in [-0.2, 0) is 0 Å². The molecule has 0 unspecified atom stereocenters. The Morgan fingerprint density at radius 2 is 2.23 bits per heavy atom. The highest BCUT2D eigenvalue weighted by molar-refractivity contribution is 6.33. The van der Waals surface area contributed by atoms with Crippen molar-refractivity contribution in [3.05, 3.63) is 29.0 Å². The van der Waals surface area contributed by atoms with Crippen molar-refractivity contribution in [3.63, 3.8) is 0 Å². The first-order valence-corrected chi connectivity index (χ1v) is 4.42. The smallest absolute Gasteiger partial charge is 0.147 e. The molecule has 1 rings (SSSR count). The molecule has 2 N–H and O–H groups in total. The molecule has 0 bridgehead atoms. The Bertz CT molecular complexity index is 260. The van der Waals surface area contributed by atoms with Gasteiger partial charge < -0.3 is 10.4 Å². The monoisotopic (exact) mass is 203 g/mol. The molecule has 2 nitrogen and oxygen atoms in total. The Kier molecular flexibility index (Phi) is 3.99. The van der Waals surface area contributed by atoms with Gasteiger partial charge in [0.2, 0.25) is 0 Å². The molecule has 0 aliphatic rings. The second kappa shape index (κ2) is 5.04. The lowest BCUT2D eigenvalue weighted by Crippen LogP contribution is -2.05. The minimum Gasteiger partial charge on any atom is -0.396 e. The number of para-hydroxylation sites is 1. The van der Waals surface area contributed by atoms with Crippen LogP contribution < -0.4 is 5.32 Å². The number of hydrogen-bond donors (Lipinski definition) is 2. The summed E-state index contributed by atoms with van der Waals surface area (Å²) in [6, 6.07) is 4.51. The van der Waals surface area contributed by atoms with E-state index in [0.717, 1.165) is 0 Å². The molecule has 0 aromatic heterocycles. The van der Waals surface area contributed by atoms with E-state index in [-0.39, 0.29) is 12.4 Å². The average molecular weight is 204 g/mol. The van der Waals surface area contributed by atoms with Gasteiger partial charge in [0.05, 0.1) is 10.7 Å². The molecule has 0 heterocycles. The van der Waals surface area contributed by atoms with Gasteiger partial charge in [0.1, 0.15) is 5.82 Å². The highest BCUT2D eigenvalue weighted by Crippen LogP contribution is 2.24. The molecule has 13 heavy (non-hydrogen) atoms. The third-order valence-corrected chi connectivity index (χ3v) is 1.91. The maximum absolute atomic E-state index is 13.1. The highest BCUT2D eigenvalue weighted by atomic mass is 35.5. The molecular formula is C9H11ClFNO. The normalized spacial score (nSPS) is 10.1. The van der Waals surface area contributed by atoms with Crippen molar-refractivity contribution in [2.75, 3.05) is 18.5 Å². The van der Waals surface area contributed by atoms with Gasteiger partial charge in [-0.2, -0.15) is 0 Å². The summed E-state index contributed by atoms with van der Waals surface area (Å²) < 4.78 is 13.1. The van der Waals surface area contributed by atoms with E-state index in [4.69, 9.17) is 16.7 Å². The summed E-state index contributed by atoms with van der Waals surface area (Å²) in [6.45, 7) is 0.593. The molecule has 1 aromatic carbocycles. The van der Waals surface area contributed by atoms with Gasteiger partial charge in [-0.3, -0.25) is 0 Å². The zero-order chi connectivity index (χ0) is 9.68. The fourth-order valence-corrected chi connectivity index (χ4v) is 1.19. The van der Waals surface area contributed by atoms with E-state index in [1.165, 1.54) is 6.07 Å². The molecule has 0 saturated carbocycles. The number of aliphatic hydroxyl groups is 1. The molecule has 1 aromatic rings. The summed E-state index contributed by atoms with van der Waals surface area (Å²) in [5, 5.41) is 11.7. The van der Waals surface area contributed by atoms with Gasteiger partial charge in [0, 0.05) is 13.2 Å². The molecule has 0 aliphatic carbocycles. The lowest BCUT2D eigenvalue weighted by atomic mass is 10.3. The second-order valence-corrected chi connectivity index (χ2v) is 3.01. The topological polar surface area (TPSA) is 32.3 Å². The molecule has 0 fully saturated rings. The predicted molar refractivity (Wildman–Crippen MR) is 51.6 cm³/mol. The maximum atomic E-state index is 13.1. The zero-order valence-corrected chi connectivity index (χ0v) is 7.81. The number of anilines is 1. The number of nitrogens with one attached hydrogen (secondary N) is 1. The standard InChI is InChI=1S/C9H11ClFNO/c10-7-3-1-4-8(11)9(7)12-5-2-6-13/h1,3-4,12-13H,2,5-6H2. The van der Waals surface area contributed by atoms with Crippen LogP contribution in [0.2, 0.25) is 5.02 Å². The van der Waals surface area contributed by atoms with E-state index in [2.05, 4.69) is 5.32 Å². The highest BCUT2D eigenvalue weighted by Gasteiger charge is 2.04. The van der Waals surface area contributed by atoms with Crippen LogP contribution in [0.4, 0.5) is 10.1 Å². The Morgan fingerprint density at radius 3 is 2.85 bits per heavy atom. The Hall–Kier alpha value is -0.800. The molecule has 0 spiro atoms. The largest absolute Gasteiger partial charge is 0.396 e. The molecule has 72 valence electrons. The zero-order valence-electron chi connectivity index (χ0n) is 7.06. The molecule has 0 atom stereocenters. The van der Waals surface area contributed by atoms with Crippen molar-refractivity contribution in [1.29, 1.82) is 0 Å². The van der Waals surface area contributed by atoms with E-state index in [0.29, 0.717) is 23.7 Å². The maximum Gasteiger partial charge on any atom is 0.147 e. The lowest BCUT2D eigenvalue weighted by Gasteiger charge is -2.07. The molecule has 4 heteroatoms. The Morgan fingerprint density at radius 1 is 1.46 bits per heavy atom. The number of rotatable bonds is 4. The van der Waals surface area contributed by atoms with Crippen LogP contribution in [0.3, 0.4) is 0 Å². The fraction of sp³-hybridized carbons (Fsp3) is 0.333. The predicted octanol–water partition coefficient (Wildman–Crippen LogP) is 2.27. The summed E-state index contributed by atoms with van der Waals surface area (Å²) >= 11 is 5.74. The molecule has 0 radical (unpaired) electrons. The number of hydrogen-bond acceptors (Lipinski definition) is 2. The van der Waals surface area contributed by atoms with Crippen molar-refractivity contribution in [2.45, 2.75) is 6.42 Å². The van der Waals surface area contributed by atoms with E-state index in [1.54, 1.807) is 12.1 Å². The first kappa shape index (κ1) is 10.3. The van der Waals surface area contributed by atoms with Crippen LogP contribution in [0.5, 0.6) is 0 Å². The molecule has 0 aliphatic heterocycles. The van der Waals surface area contributed by atoms with E-state index in [1.807, 2.05) is 0 Å². The number of halogens is 2. The van der Waals surface area contributed by atoms with Crippen molar-refractivity contribution >= 4 is 17.3 Å². The average Bonchev–Trinajstić information content (AvgIpc) is 2.10. The third kappa shape index (κ3) is 2.86. The van der Waals surface area contributed by atoms with Gasteiger partial charge in [-0.1, -0.05) is 17.7 Å². The summed E-state index contributed by atoms with van der Waals surface area (Å²) in [7, 11) is 0. The lowest BCUT2D eigenvalue weighted by molar-refractivity contribution is 0.292. The van der Waals surface area contributed by atoms with Crippen LogP contribution in [0.15, 0.2) is 18.2 Å². The van der Waals surface area contributed by atoms with Gasteiger partial charge in [-0.05, 0) is 18.6 Å². The second-order valence-electron chi connectivity index (χ2n) is 2.60. The number of aliphatic hydroxyl groups excluding tert-OH is 1. The SMILES string of the molecule is OCCCNc1c(F)cccc1Cl. The van der Waals surface area contributed by atoms with Crippen LogP contribution >= 0.6 is 11.6 Å². The fourth-order valence-electron chi connectivity index (χ4n) is 0.959. The van der Waals surface area contributed by atoms with Gasteiger partial charge in [0.15, 0.2) is 0 Å². The number of benzene rings is 1. The Labute approximate surface area is 81.3 Å². The van der Waals surface area contributed by atoms with Crippen molar-refractivity contribution in [3.8, 4) is 0 Å². The van der Waals surface area contributed by atoms with Crippen molar-refractivity contribution in [2.24, 2.45) is 0 Å². The molecule has 0 saturated heterocycles. The summed E-state index contributed by atoms with van der Waals surface area (Å²) in [6.07, 6.45) is 0.574. The van der Waals surface area contributed by atoms with Crippen LogP contribution in [-0.4, -0.2) is 18.3 Å². The van der Waals surface area contributed by atoms with Gasteiger partial charge in [-0.25, -0.2) is 4.39 Å². The van der Waals surface area contributed by atoms with Gasteiger partial charge in [-0.15, -0.1) is 0 Å². The summed E-state index contributed by atoms with van der Waals surface area (Å²) in [5.74, 6) is -0.370. The molecule has 0 amide bonds. The third-order valence-electron chi connectivity index (χ3n) is 1.60. The van der Waals surface area contributed by atoms with Crippen LogP contribution in [0, 0.1) is 5.82 Å². The van der Waals surface area contributed by atoms with E-state index >= 15 is 0 Å². The van der Waals surface area contributed by atoms with Gasteiger partial charge in [0.25, 0.3) is 0 Å². The van der Waals surface area contributed by atoms with E-state index in [9.17, 15) is 4.39 Å². The first-order valence-electron chi connectivity index (χ1n) is 4.04. The van der Waals surface area contributed by atoms with Crippen LogP contribution in [0.25, 0.3) is 0 Å². The minimum atomic E-state index is -0.370. The van der Waals surface area contributed by atoms with Gasteiger partial charge >= 0.3 is 0 Å².